The van der Waals surface area contributed by atoms with Crippen LogP contribution in [-0.2, 0) is 16.1 Å². The summed E-state index contributed by atoms with van der Waals surface area (Å²) < 4.78 is 0. The number of likely N-dealkylation sites (N-methyl/N-ethyl adjacent to an activating group) is 2. The Morgan fingerprint density at radius 1 is 1.37 bits per heavy atom. The number of carbonyl (C=O) groups excluding carboxylic acids is 2. The Balaban J connectivity index is 1.40. The number of amides is 2. The molecule has 2 amide bonds. The zero-order valence-corrected chi connectivity index (χ0v) is 18.3. The fourth-order valence-electron chi connectivity index (χ4n) is 3.90. The highest BCUT2D eigenvalue weighted by molar-refractivity contribution is 8.00. The van der Waals surface area contributed by atoms with Crippen LogP contribution in [0.15, 0.2) is 47.5 Å². The molecule has 2 aliphatic rings. The molecule has 0 spiro atoms. The van der Waals surface area contributed by atoms with E-state index in [4.69, 9.17) is 0 Å². The molecule has 0 saturated carbocycles. The van der Waals surface area contributed by atoms with Crippen molar-refractivity contribution < 1.29 is 9.59 Å². The number of nitrogens with one attached hydrogen (secondary N) is 1. The van der Waals surface area contributed by atoms with Crippen LogP contribution in [0.5, 0.6) is 0 Å². The molecular weight excluding hydrogens is 396 g/mol. The van der Waals surface area contributed by atoms with Crippen molar-refractivity contribution in [3.63, 3.8) is 0 Å². The maximum atomic E-state index is 12.7. The van der Waals surface area contributed by atoms with Gasteiger partial charge in [0.15, 0.2) is 0 Å². The number of aromatic nitrogens is 1. The molecule has 3 heterocycles. The molecule has 7 heteroatoms. The van der Waals surface area contributed by atoms with Crippen LogP contribution in [0, 0.1) is 0 Å². The van der Waals surface area contributed by atoms with Crippen LogP contribution in [0.4, 0.5) is 5.82 Å². The molecule has 1 aromatic heterocycles. The van der Waals surface area contributed by atoms with Crippen LogP contribution >= 0.6 is 11.8 Å². The first-order valence-corrected chi connectivity index (χ1v) is 10.9. The van der Waals surface area contributed by atoms with Crippen molar-refractivity contribution in [3.05, 3.63) is 59.3 Å². The Bertz CT molecular complexity index is 1010. The average molecular weight is 423 g/mol. The zero-order chi connectivity index (χ0) is 21.3. The summed E-state index contributed by atoms with van der Waals surface area (Å²) in [5.41, 5.74) is 3.16. The van der Waals surface area contributed by atoms with Crippen molar-refractivity contribution in [2.45, 2.75) is 29.5 Å². The van der Waals surface area contributed by atoms with Crippen molar-refractivity contribution in [2.75, 3.05) is 32.5 Å². The lowest BCUT2D eigenvalue weighted by Crippen LogP contribution is -2.32. The van der Waals surface area contributed by atoms with Gasteiger partial charge in [-0.05, 0) is 42.3 Å². The van der Waals surface area contributed by atoms with Gasteiger partial charge in [0.2, 0.25) is 11.8 Å². The monoisotopic (exact) mass is 422 g/mol. The number of carbonyl (C=O) groups is 2. The van der Waals surface area contributed by atoms with Gasteiger partial charge >= 0.3 is 0 Å². The number of pyridine rings is 1. The van der Waals surface area contributed by atoms with Gasteiger partial charge in [-0.25, -0.2) is 4.98 Å². The molecule has 2 unspecified atom stereocenters. The molecule has 2 aromatic rings. The van der Waals surface area contributed by atoms with E-state index in [1.54, 1.807) is 23.2 Å². The molecule has 2 aliphatic heterocycles. The van der Waals surface area contributed by atoms with E-state index in [9.17, 15) is 9.59 Å². The molecule has 0 fully saturated rings. The summed E-state index contributed by atoms with van der Waals surface area (Å²) in [6, 6.07) is 10.5. The molecule has 4 rings (SSSR count). The van der Waals surface area contributed by atoms with Gasteiger partial charge in [-0.2, -0.15) is 0 Å². The van der Waals surface area contributed by atoms with E-state index in [0.29, 0.717) is 36.6 Å². The number of rotatable bonds is 4. The van der Waals surface area contributed by atoms with Crippen molar-refractivity contribution in [1.29, 1.82) is 0 Å². The zero-order valence-electron chi connectivity index (χ0n) is 17.5. The minimum absolute atomic E-state index is 0.0286. The molecule has 0 radical (unpaired) electrons. The van der Waals surface area contributed by atoms with E-state index in [0.717, 1.165) is 11.1 Å². The van der Waals surface area contributed by atoms with E-state index < -0.39 is 0 Å². The predicted molar refractivity (Wildman–Crippen MR) is 120 cm³/mol. The maximum Gasteiger partial charge on any atom is 0.246 e. The number of anilines is 1. The van der Waals surface area contributed by atoms with Gasteiger partial charge in [0.1, 0.15) is 5.82 Å². The summed E-state index contributed by atoms with van der Waals surface area (Å²) >= 11 is 1.86. The highest BCUT2D eigenvalue weighted by Crippen LogP contribution is 2.45. The molecule has 156 valence electrons. The second kappa shape index (κ2) is 8.62. The van der Waals surface area contributed by atoms with E-state index in [1.807, 2.05) is 36.8 Å². The normalized spacial score (nSPS) is 21.1. The molecular formula is C23H26N4O2S. The first kappa shape index (κ1) is 20.6. The minimum atomic E-state index is -0.0648. The molecule has 0 saturated heterocycles. The van der Waals surface area contributed by atoms with Crippen LogP contribution < -0.4 is 5.32 Å². The van der Waals surface area contributed by atoms with Gasteiger partial charge in [-0.15, -0.1) is 11.8 Å². The smallest absolute Gasteiger partial charge is 0.246 e. The molecule has 1 aromatic carbocycles. The molecule has 1 N–H and O–H groups in total. The minimum Gasteiger partial charge on any atom is -0.341 e. The summed E-state index contributed by atoms with van der Waals surface area (Å²) in [6.45, 7) is 3.90. The number of benzene rings is 1. The first-order valence-electron chi connectivity index (χ1n) is 10.1. The molecule has 0 bridgehead atoms. The lowest BCUT2D eigenvalue weighted by atomic mass is 9.98. The average Bonchev–Trinajstić information content (AvgIpc) is 2.94. The van der Waals surface area contributed by atoms with Gasteiger partial charge < -0.3 is 10.2 Å². The molecule has 0 aliphatic carbocycles. The molecule has 2 atom stereocenters. The fourth-order valence-corrected chi connectivity index (χ4v) is 5.42. The Hall–Kier alpha value is -2.64. The number of fused-ring (bicyclic) bond motifs is 2. The summed E-state index contributed by atoms with van der Waals surface area (Å²) in [5.74, 6) is 0.923. The number of hydrogen-bond acceptors (Lipinski definition) is 5. The van der Waals surface area contributed by atoms with E-state index in [1.165, 1.54) is 10.5 Å². The lowest BCUT2D eigenvalue weighted by Gasteiger charge is -2.22. The first-order chi connectivity index (χ1) is 14.4. The Labute approximate surface area is 181 Å². The van der Waals surface area contributed by atoms with Gasteiger partial charge in [-0.3, -0.25) is 14.5 Å². The van der Waals surface area contributed by atoms with Crippen LogP contribution in [-0.4, -0.2) is 59.0 Å². The summed E-state index contributed by atoms with van der Waals surface area (Å²) in [7, 11) is 3.75. The topological polar surface area (TPSA) is 65.5 Å². The van der Waals surface area contributed by atoms with Crippen LogP contribution in [0.2, 0.25) is 0 Å². The van der Waals surface area contributed by atoms with E-state index in [-0.39, 0.29) is 11.8 Å². The van der Waals surface area contributed by atoms with Gasteiger partial charge in [0.05, 0.1) is 6.54 Å². The molecule has 6 nitrogen and oxygen atoms in total. The van der Waals surface area contributed by atoms with E-state index >= 15 is 0 Å². The highest BCUT2D eigenvalue weighted by atomic mass is 32.2. The van der Waals surface area contributed by atoms with Crippen molar-refractivity contribution >= 4 is 35.5 Å². The van der Waals surface area contributed by atoms with Crippen LogP contribution in [0.1, 0.15) is 29.5 Å². The number of nitrogens with zero attached hydrogens (tertiary/aromatic N) is 3. The van der Waals surface area contributed by atoms with Gasteiger partial charge in [0, 0.05) is 48.1 Å². The standard InChI is InChI=1S/C23H26N4O2S/c1-15-18-6-4-5-7-19(18)30-20(15)13-27(3)22(29)9-8-16-10-17-12-26(2)14-21(28)25-23(17)24-11-16/h4-11,15,20H,12-14H2,1-3H3,(H,24,25,28)/b9-8+. The van der Waals surface area contributed by atoms with Gasteiger partial charge in [-0.1, -0.05) is 25.1 Å². The lowest BCUT2D eigenvalue weighted by molar-refractivity contribution is -0.124. The van der Waals surface area contributed by atoms with Crippen molar-refractivity contribution in [1.82, 2.24) is 14.8 Å². The summed E-state index contributed by atoms with van der Waals surface area (Å²) in [5, 5.41) is 3.18. The second-order valence-corrected chi connectivity index (χ2v) is 9.31. The quantitative estimate of drug-likeness (QED) is 0.767. The number of thioether (sulfide) groups is 1. The van der Waals surface area contributed by atoms with Crippen molar-refractivity contribution in [2.24, 2.45) is 0 Å². The van der Waals surface area contributed by atoms with Crippen molar-refractivity contribution in [3.8, 4) is 0 Å². The third-order valence-corrected chi connectivity index (χ3v) is 7.08. The highest BCUT2D eigenvalue weighted by Gasteiger charge is 2.31. The molecule has 30 heavy (non-hydrogen) atoms. The van der Waals surface area contributed by atoms with Crippen LogP contribution in [0.25, 0.3) is 6.08 Å². The van der Waals surface area contributed by atoms with Gasteiger partial charge in [0.25, 0.3) is 0 Å². The fraction of sp³-hybridized carbons (Fsp3) is 0.348. The largest absolute Gasteiger partial charge is 0.341 e. The Kier molecular flexibility index (Phi) is 5.92. The summed E-state index contributed by atoms with van der Waals surface area (Å²) in [4.78, 5) is 33.9. The summed E-state index contributed by atoms with van der Waals surface area (Å²) in [6.07, 6.45) is 5.07. The number of hydrogen-bond donors (Lipinski definition) is 1. The SMILES string of the molecule is CC1c2ccccc2SC1CN(C)C(=O)/C=C/c1cnc2c(c1)CN(C)CC(=O)N2. The maximum absolute atomic E-state index is 12.7. The van der Waals surface area contributed by atoms with Crippen LogP contribution in [0.3, 0.4) is 0 Å². The Morgan fingerprint density at radius 2 is 2.17 bits per heavy atom. The predicted octanol–water partition coefficient (Wildman–Crippen LogP) is 3.22. The van der Waals surface area contributed by atoms with E-state index in [2.05, 4.69) is 41.5 Å². The third kappa shape index (κ3) is 4.42. The third-order valence-electron chi connectivity index (χ3n) is 5.59. The second-order valence-electron chi connectivity index (χ2n) is 8.03. The Morgan fingerprint density at radius 3 is 2.97 bits per heavy atom.